The van der Waals surface area contributed by atoms with Gasteiger partial charge in [0.15, 0.2) is 0 Å². The van der Waals surface area contributed by atoms with Crippen molar-refractivity contribution < 1.29 is 19.1 Å². The molecule has 0 heterocycles. The maximum Gasteiger partial charge on any atom is 0.309 e. The summed E-state index contributed by atoms with van der Waals surface area (Å²) >= 11 is 0. The Kier molecular flexibility index (Phi) is 4.59. The van der Waals surface area contributed by atoms with Crippen LogP contribution in [0.25, 0.3) is 0 Å². The molecular weight excluding hydrogens is 196 g/mol. The molecular formula is C11H18O4. The summed E-state index contributed by atoms with van der Waals surface area (Å²) in [6, 6.07) is 0. The molecule has 0 spiro atoms. The van der Waals surface area contributed by atoms with E-state index in [9.17, 15) is 9.59 Å². The van der Waals surface area contributed by atoms with Gasteiger partial charge in [-0.1, -0.05) is 12.8 Å². The zero-order chi connectivity index (χ0) is 11.3. The van der Waals surface area contributed by atoms with E-state index in [-0.39, 0.29) is 23.8 Å². The maximum absolute atomic E-state index is 11.6. The SMILES string of the molecule is CCOC(=O)[C@@H]1CCCC[C@H]1C(=O)OC. The average molecular weight is 214 g/mol. The predicted molar refractivity (Wildman–Crippen MR) is 54.1 cm³/mol. The first kappa shape index (κ1) is 12.0. The third kappa shape index (κ3) is 2.94. The monoisotopic (exact) mass is 214 g/mol. The van der Waals surface area contributed by atoms with Crippen LogP contribution in [0.3, 0.4) is 0 Å². The zero-order valence-corrected chi connectivity index (χ0v) is 9.32. The lowest BCUT2D eigenvalue weighted by atomic mass is 9.79. The molecule has 0 aliphatic heterocycles. The van der Waals surface area contributed by atoms with Gasteiger partial charge in [-0.15, -0.1) is 0 Å². The zero-order valence-electron chi connectivity index (χ0n) is 9.32. The molecule has 1 aliphatic rings. The highest BCUT2D eigenvalue weighted by atomic mass is 16.5. The van der Waals surface area contributed by atoms with Gasteiger partial charge in [0.2, 0.25) is 0 Å². The minimum atomic E-state index is -0.303. The van der Waals surface area contributed by atoms with E-state index in [1.807, 2.05) is 0 Å². The number of esters is 2. The first-order valence-corrected chi connectivity index (χ1v) is 5.45. The second-order valence-corrected chi connectivity index (χ2v) is 3.77. The van der Waals surface area contributed by atoms with Crippen molar-refractivity contribution in [2.24, 2.45) is 11.8 Å². The smallest absolute Gasteiger partial charge is 0.309 e. The van der Waals surface area contributed by atoms with E-state index in [1.165, 1.54) is 7.11 Å². The molecule has 0 N–H and O–H groups in total. The molecule has 0 radical (unpaired) electrons. The van der Waals surface area contributed by atoms with E-state index in [0.717, 1.165) is 25.7 Å². The van der Waals surface area contributed by atoms with Gasteiger partial charge < -0.3 is 9.47 Å². The first-order chi connectivity index (χ1) is 7.20. The van der Waals surface area contributed by atoms with Crippen LogP contribution in [-0.2, 0) is 19.1 Å². The third-order valence-electron chi connectivity index (χ3n) is 2.86. The van der Waals surface area contributed by atoms with Crippen molar-refractivity contribution in [2.45, 2.75) is 32.6 Å². The summed E-state index contributed by atoms with van der Waals surface area (Å²) in [6.07, 6.45) is 3.43. The Hall–Kier alpha value is -1.06. The highest BCUT2D eigenvalue weighted by molar-refractivity contribution is 5.82. The topological polar surface area (TPSA) is 52.6 Å². The molecule has 0 aromatic heterocycles. The Labute approximate surface area is 89.9 Å². The Morgan fingerprint density at radius 1 is 1.13 bits per heavy atom. The molecule has 1 saturated carbocycles. The van der Waals surface area contributed by atoms with Gasteiger partial charge in [0, 0.05) is 0 Å². The third-order valence-corrected chi connectivity index (χ3v) is 2.86. The van der Waals surface area contributed by atoms with Gasteiger partial charge in [-0.3, -0.25) is 9.59 Å². The number of rotatable bonds is 3. The Morgan fingerprint density at radius 3 is 2.13 bits per heavy atom. The van der Waals surface area contributed by atoms with E-state index in [2.05, 4.69) is 0 Å². The molecule has 0 aromatic carbocycles. The van der Waals surface area contributed by atoms with Gasteiger partial charge in [-0.2, -0.15) is 0 Å². The number of ether oxygens (including phenoxy) is 2. The fraction of sp³-hybridized carbons (Fsp3) is 0.818. The van der Waals surface area contributed by atoms with Crippen molar-refractivity contribution in [1.82, 2.24) is 0 Å². The standard InChI is InChI=1S/C11H18O4/c1-3-15-11(13)9-7-5-4-6-8(9)10(12)14-2/h8-9H,3-7H2,1-2H3/t8-,9-/m1/s1. The van der Waals surface area contributed by atoms with Crippen molar-refractivity contribution >= 4 is 11.9 Å². The summed E-state index contributed by atoms with van der Waals surface area (Å²) in [5.74, 6) is -1.14. The number of hydrogen-bond acceptors (Lipinski definition) is 4. The second-order valence-electron chi connectivity index (χ2n) is 3.77. The van der Waals surface area contributed by atoms with Crippen LogP contribution in [0.5, 0.6) is 0 Å². The summed E-state index contributed by atoms with van der Waals surface area (Å²) in [5, 5.41) is 0. The Balaban J connectivity index is 2.65. The number of methoxy groups -OCH3 is 1. The van der Waals surface area contributed by atoms with E-state index in [4.69, 9.17) is 9.47 Å². The van der Waals surface area contributed by atoms with E-state index < -0.39 is 0 Å². The molecule has 0 unspecified atom stereocenters. The highest BCUT2D eigenvalue weighted by Crippen LogP contribution is 2.31. The summed E-state index contributed by atoms with van der Waals surface area (Å²) < 4.78 is 9.66. The van der Waals surface area contributed by atoms with Crippen LogP contribution in [0.2, 0.25) is 0 Å². The molecule has 15 heavy (non-hydrogen) atoms. The van der Waals surface area contributed by atoms with Crippen LogP contribution < -0.4 is 0 Å². The quantitative estimate of drug-likeness (QED) is 0.668. The lowest BCUT2D eigenvalue weighted by Crippen LogP contribution is -2.34. The lowest BCUT2D eigenvalue weighted by Gasteiger charge is -2.27. The molecule has 4 nitrogen and oxygen atoms in total. The second kappa shape index (κ2) is 5.73. The number of carbonyl (C=O) groups excluding carboxylic acids is 2. The van der Waals surface area contributed by atoms with Gasteiger partial charge >= 0.3 is 11.9 Å². The predicted octanol–water partition coefficient (Wildman–Crippen LogP) is 1.53. The van der Waals surface area contributed by atoms with E-state index in [0.29, 0.717) is 6.61 Å². The van der Waals surface area contributed by atoms with Crippen LogP contribution in [0, 0.1) is 11.8 Å². The minimum absolute atomic E-state index is 0.257. The highest BCUT2D eigenvalue weighted by Gasteiger charge is 2.37. The molecule has 0 bridgehead atoms. The van der Waals surface area contributed by atoms with Crippen molar-refractivity contribution in [3.63, 3.8) is 0 Å². The van der Waals surface area contributed by atoms with Crippen LogP contribution in [0.1, 0.15) is 32.6 Å². The minimum Gasteiger partial charge on any atom is -0.469 e. The molecule has 86 valence electrons. The van der Waals surface area contributed by atoms with Crippen LogP contribution >= 0.6 is 0 Å². The molecule has 2 atom stereocenters. The fourth-order valence-corrected chi connectivity index (χ4v) is 2.10. The number of hydrogen-bond donors (Lipinski definition) is 0. The summed E-state index contributed by atoms with van der Waals surface area (Å²) in [7, 11) is 1.36. The molecule has 1 fully saturated rings. The van der Waals surface area contributed by atoms with Crippen molar-refractivity contribution in [1.29, 1.82) is 0 Å². The summed E-state index contributed by atoms with van der Waals surface area (Å²) in [4.78, 5) is 23.1. The van der Waals surface area contributed by atoms with Crippen LogP contribution in [0.4, 0.5) is 0 Å². The van der Waals surface area contributed by atoms with Crippen LogP contribution in [-0.4, -0.2) is 25.7 Å². The molecule has 0 amide bonds. The van der Waals surface area contributed by atoms with Crippen molar-refractivity contribution in [3.8, 4) is 0 Å². The van der Waals surface area contributed by atoms with Gasteiger partial charge in [0.05, 0.1) is 25.6 Å². The summed E-state index contributed by atoms with van der Waals surface area (Å²) in [5.41, 5.74) is 0. The first-order valence-electron chi connectivity index (χ1n) is 5.45. The van der Waals surface area contributed by atoms with E-state index >= 15 is 0 Å². The van der Waals surface area contributed by atoms with Gasteiger partial charge in [0.1, 0.15) is 0 Å². The molecule has 1 rings (SSSR count). The average Bonchev–Trinajstić information content (AvgIpc) is 2.28. The van der Waals surface area contributed by atoms with Gasteiger partial charge in [-0.25, -0.2) is 0 Å². The largest absolute Gasteiger partial charge is 0.469 e. The van der Waals surface area contributed by atoms with Crippen molar-refractivity contribution in [3.05, 3.63) is 0 Å². The molecule has 4 heteroatoms. The lowest BCUT2D eigenvalue weighted by molar-refractivity contribution is -0.161. The summed E-state index contributed by atoms with van der Waals surface area (Å²) in [6.45, 7) is 2.14. The van der Waals surface area contributed by atoms with Gasteiger partial charge in [-0.05, 0) is 19.8 Å². The Morgan fingerprint density at radius 2 is 1.67 bits per heavy atom. The van der Waals surface area contributed by atoms with Gasteiger partial charge in [0.25, 0.3) is 0 Å². The van der Waals surface area contributed by atoms with Crippen LogP contribution in [0.15, 0.2) is 0 Å². The normalized spacial score (nSPS) is 25.7. The maximum atomic E-state index is 11.6. The fourth-order valence-electron chi connectivity index (χ4n) is 2.10. The van der Waals surface area contributed by atoms with Crippen molar-refractivity contribution in [2.75, 3.05) is 13.7 Å². The molecule has 1 aliphatic carbocycles. The number of carbonyl (C=O) groups is 2. The Bertz CT molecular complexity index is 237. The molecule has 0 aromatic rings. The molecule has 0 saturated heterocycles. The van der Waals surface area contributed by atoms with E-state index in [1.54, 1.807) is 6.92 Å².